The summed E-state index contributed by atoms with van der Waals surface area (Å²) in [6.07, 6.45) is 0.633. The van der Waals surface area contributed by atoms with Crippen LogP contribution >= 0.6 is 0 Å². The third-order valence-corrected chi connectivity index (χ3v) is 7.89. The smallest absolute Gasteiger partial charge is 0.356 e. The standard InChI is InChI=1S/C24H34N4O7S/c1-7-15(2)21(29)25-17-8-9-18(19(14-17)36(32,33)27-10-12-34-13-11-27)35-22-16(3)20(23(30)31)26-28(22)24(4,5)6/h8-9,14-15H,7,10-13H2,1-6H3,(H,25,29)(H,30,31)/t15-/m1/s1. The van der Waals surface area contributed by atoms with E-state index < -0.39 is 21.5 Å². The summed E-state index contributed by atoms with van der Waals surface area (Å²) < 4.78 is 41.5. The van der Waals surface area contributed by atoms with Crippen molar-refractivity contribution in [2.45, 2.75) is 58.4 Å². The second kappa shape index (κ2) is 10.6. The third kappa shape index (κ3) is 5.71. The molecule has 1 aromatic carbocycles. The number of nitrogens with one attached hydrogen (secondary N) is 1. The second-order valence-corrected chi connectivity index (χ2v) is 11.7. The molecular weight excluding hydrogens is 488 g/mol. The topological polar surface area (TPSA) is 140 Å². The lowest BCUT2D eigenvalue weighted by Crippen LogP contribution is -2.40. The number of rotatable bonds is 8. The first kappa shape index (κ1) is 27.6. The van der Waals surface area contributed by atoms with Gasteiger partial charge in [0.25, 0.3) is 0 Å². The molecule has 2 aromatic rings. The van der Waals surface area contributed by atoms with E-state index in [2.05, 4.69) is 10.4 Å². The molecule has 1 aliphatic heterocycles. The molecule has 0 saturated carbocycles. The molecule has 36 heavy (non-hydrogen) atoms. The van der Waals surface area contributed by atoms with Gasteiger partial charge in [-0.3, -0.25) is 4.79 Å². The summed E-state index contributed by atoms with van der Waals surface area (Å²) in [6.45, 7) is 11.6. The number of morpholine rings is 1. The summed E-state index contributed by atoms with van der Waals surface area (Å²) >= 11 is 0. The molecule has 0 spiro atoms. The Morgan fingerprint density at radius 3 is 2.44 bits per heavy atom. The van der Waals surface area contributed by atoms with E-state index in [0.717, 1.165) is 0 Å². The number of carbonyl (C=O) groups is 2. The molecule has 1 aromatic heterocycles. The molecule has 0 aliphatic carbocycles. The summed E-state index contributed by atoms with van der Waals surface area (Å²) in [6, 6.07) is 4.38. The van der Waals surface area contributed by atoms with Gasteiger partial charge in [0, 0.05) is 30.3 Å². The van der Waals surface area contributed by atoms with Gasteiger partial charge in [-0.25, -0.2) is 17.9 Å². The van der Waals surface area contributed by atoms with E-state index in [9.17, 15) is 23.1 Å². The Morgan fingerprint density at radius 2 is 1.89 bits per heavy atom. The van der Waals surface area contributed by atoms with Crippen molar-refractivity contribution in [1.82, 2.24) is 14.1 Å². The van der Waals surface area contributed by atoms with Crippen molar-refractivity contribution in [3.8, 4) is 11.6 Å². The highest BCUT2D eigenvalue weighted by atomic mass is 32.2. The van der Waals surface area contributed by atoms with Crippen LogP contribution in [0.15, 0.2) is 23.1 Å². The minimum atomic E-state index is -4.04. The van der Waals surface area contributed by atoms with Crippen molar-refractivity contribution >= 4 is 27.6 Å². The zero-order chi connectivity index (χ0) is 26.8. The SMILES string of the molecule is CC[C@@H](C)C(=O)Nc1ccc(Oc2c(C)c(C(=O)O)nn2C(C)(C)C)c(S(=O)(=O)N2CCOCC2)c1. The molecule has 1 amide bonds. The molecule has 198 valence electrons. The van der Waals surface area contributed by atoms with Gasteiger partial charge in [-0.15, -0.1) is 0 Å². The number of anilines is 1. The molecule has 11 nitrogen and oxygen atoms in total. The lowest BCUT2D eigenvalue weighted by molar-refractivity contribution is -0.119. The van der Waals surface area contributed by atoms with Crippen molar-refractivity contribution in [2.75, 3.05) is 31.6 Å². The van der Waals surface area contributed by atoms with Crippen molar-refractivity contribution in [2.24, 2.45) is 5.92 Å². The number of amides is 1. The van der Waals surface area contributed by atoms with Crippen LogP contribution in [0.25, 0.3) is 0 Å². The maximum absolute atomic E-state index is 13.7. The van der Waals surface area contributed by atoms with E-state index in [1.165, 1.54) is 21.1 Å². The third-order valence-electron chi connectivity index (χ3n) is 5.97. The fourth-order valence-electron chi connectivity index (χ4n) is 3.61. The van der Waals surface area contributed by atoms with Gasteiger partial charge < -0.3 is 19.9 Å². The van der Waals surface area contributed by atoms with Gasteiger partial charge >= 0.3 is 5.97 Å². The van der Waals surface area contributed by atoms with Gasteiger partial charge in [0.2, 0.25) is 21.8 Å². The Kier molecular flexibility index (Phi) is 8.11. The quantitative estimate of drug-likeness (QED) is 0.537. The van der Waals surface area contributed by atoms with Gasteiger partial charge in [0.1, 0.15) is 10.6 Å². The summed E-state index contributed by atoms with van der Waals surface area (Å²) in [5.41, 5.74) is -0.260. The number of sulfonamides is 1. The molecule has 0 radical (unpaired) electrons. The van der Waals surface area contributed by atoms with Gasteiger partial charge in [-0.1, -0.05) is 13.8 Å². The minimum Gasteiger partial charge on any atom is -0.476 e. The summed E-state index contributed by atoms with van der Waals surface area (Å²) in [5.74, 6) is -1.58. The Labute approximate surface area is 211 Å². The van der Waals surface area contributed by atoms with E-state index in [-0.39, 0.29) is 65.9 Å². The maximum Gasteiger partial charge on any atom is 0.356 e. The Balaban J connectivity index is 2.14. The molecule has 2 N–H and O–H groups in total. The van der Waals surface area contributed by atoms with Crippen LogP contribution in [0.4, 0.5) is 5.69 Å². The van der Waals surface area contributed by atoms with Gasteiger partial charge in [0.05, 0.1) is 18.8 Å². The molecule has 0 unspecified atom stereocenters. The highest BCUT2D eigenvalue weighted by Crippen LogP contribution is 2.37. The Morgan fingerprint density at radius 1 is 1.25 bits per heavy atom. The molecule has 1 atom stereocenters. The van der Waals surface area contributed by atoms with Crippen molar-refractivity contribution in [3.05, 3.63) is 29.5 Å². The van der Waals surface area contributed by atoms with Crippen LogP contribution in [-0.2, 0) is 25.1 Å². The zero-order valence-electron chi connectivity index (χ0n) is 21.5. The summed E-state index contributed by atoms with van der Waals surface area (Å²) in [4.78, 5) is 24.1. The van der Waals surface area contributed by atoms with Gasteiger partial charge in [0.15, 0.2) is 5.69 Å². The molecule has 2 heterocycles. The number of benzene rings is 1. The summed E-state index contributed by atoms with van der Waals surface area (Å²) in [7, 11) is -4.04. The molecule has 12 heteroatoms. The van der Waals surface area contributed by atoms with E-state index in [4.69, 9.17) is 9.47 Å². The van der Waals surface area contributed by atoms with E-state index in [1.54, 1.807) is 19.9 Å². The number of ether oxygens (including phenoxy) is 2. The number of aromatic carboxylic acids is 1. The Hall–Kier alpha value is -2.96. The van der Waals surface area contributed by atoms with E-state index in [1.807, 2.05) is 27.7 Å². The first-order valence-corrected chi connectivity index (χ1v) is 13.3. The number of carboxylic acid groups (broad SMARTS) is 1. The van der Waals surface area contributed by atoms with Crippen LogP contribution in [0.1, 0.15) is 57.1 Å². The lowest BCUT2D eigenvalue weighted by atomic mass is 10.1. The minimum absolute atomic E-state index is 0.00605. The predicted molar refractivity (Wildman–Crippen MR) is 133 cm³/mol. The van der Waals surface area contributed by atoms with Crippen molar-refractivity contribution in [3.63, 3.8) is 0 Å². The molecule has 1 fully saturated rings. The lowest BCUT2D eigenvalue weighted by Gasteiger charge is -2.27. The normalized spacial score (nSPS) is 15.9. The van der Waals surface area contributed by atoms with Crippen LogP contribution in [0.5, 0.6) is 11.6 Å². The van der Waals surface area contributed by atoms with Crippen LogP contribution in [0.3, 0.4) is 0 Å². The number of carboxylic acids is 1. The van der Waals surface area contributed by atoms with E-state index >= 15 is 0 Å². The van der Waals surface area contributed by atoms with Crippen LogP contribution in [0, 0.1) is 12.8 Å². The molecular formula is C24H34N4O7S. The monoisotopic (exact) mass is 522 g/mol. The van der Waals surface area contributed by atoms with Gasteiger partial charge in [-0.05, 0) is 52.3 Å². The van der Waals surface area contributed by atoms with Crippen LogP contribution < -0.4 is 10.1 Å². The zero-order valence-corrected chi connectivity index (χ0v) is 22.3. The van der Waals surface area contributed by atoms with Crippen molar-refractivity contribution < 1.29 is 32.6 Å². The first-order chi connectivity index (χ1) is 16.8. The first-order valence-electron chi connectivity index (χ1n) is 11.8. The number of hydrogen-bond donors (Lipinski definition) is 2. The largest absolute Gasteiger partial charge is 0.476 e. The maximum atomic E-state index is 13.7. The van der Waals surface area contributed by atoms with Crippen LogP contribution in [0.2, 0.25) is 0 Å². The average Bonchev–Trinajstić information content (AvgIpc) is 3.16. The number of nitrogens with zero attached hydrogens (tertiary/aromatic N) is 3. The average molecular weight is 523 g/mol. The predicted octanol–water partition coefficient (Wildman–Crippen LogP) is 3.44. The molecule has 0 bridgehead atoms. The number of carbonyl (C=O) groups excluding carboxylic acids is 1. The fraction of sp³-hybridized carbons (Fsp3) is 0.542. The highest BCUT2D eigenvalue weighted by Gasteiger charge is 2.33. The van der Waals surface area contributed by atoms with Crippen molar-refractivity contribution in [1.29, 1.82) is 0 Å². The number of aromatic nitrogens is 2. The summed E-state index contributed by atoms with van der Waals surface area (Å²) in [5, 5.41) is 16.6. The number of hydrogen-bond acceptors (Lipinski definition) is 7. The van der Waals surface area contributed by atoms with Crippen LogP contribution in [-0.4, -0.2) is 65.8 Å². The van der Waals surface area contributed by atoms with Gasteiger partial charge in [-0.2, -0.15) is 9.40 Å². The molecule has 1 saturated heterocycles. The Bertz CT molecular complexity index is 1240. The highest BCUT2D eigenvalue weighted by molar-refractivity contribution is 7.89. The fourth-order valence-corrected chi connectivity index (χ4v) is 5.16. The second-order valence-electron chi connectivity index (χ2n) is 9.75. The van der Waals surface area contributed by atoms with E-state index in [0.29, 0.717) is 12.1 Å². The molecule has 1 aliphatic rings. The molecule has 3 rings (SSSR count).